The summed E-state index contributed by atoms with van der Waals surface area (Å²) in [6, 6.07) is 0. The Balaban J connectivity index is 1.91. The van der Waals surface area contributed by atoms with Crippen LogP contribution in [-0.2, 0) is 14.2 Å². The quantitative estimate of drug-likeness (QED) is 0.484. The molecular formula is C18H35N3O6. The van der Waals surface area contributed by atoms with Gasteiger partial charge in [0, 0.05) is 19.3 Å². The zero-order valence-corrected chi connectivity index (χ0v) is 17.3. The summed E-state index contributed by atoms with van der Waals surface area (Å²) in [5.74, 6) is 0. The predicted octanol–water partition coefficient (Wildman–Crippen LogP) is -1.53. The molecule has 158 valence electrons. The molecule has 0 aliphatic carbocycles. The fourth-order valence-electron chi connectivity index (χ4n) is 4.25. The van der Waals surface area contributed by atoms with Crippen LogP contribution in [0.15, 0.2) is 0 Å². The third-order valence-corrected chi connectivity index (χ3v) is 6.77. The van der Waals surface area contributed by atoms with Crippen molar-refractivity contribution in [3.8, 4) is 0 Å². The van der Waals surface area contributed by atoms with Crippen molar-refractivity contribution in [2.75, 3.05) is 62.1 Å². The minimum Gasteiger partial charge on any atom is -0.373 e. The molecule has 5 atom stereocenters. The zero-order chi connectivity index (χ0) is 20.3. The van der Waals surface area contributed by atoms with E-state index in [0.717, 1.165) is 0 Å². The Labute approximate surface area is 161 Å². The molecule has 9 nitrogen and oxygen atoms in total. The number of hydrogen-bond acceptors (Lipinski definition) is 9. The van der Waals surface area contributed by atoms with Crippen molar-refractivity contribution in [3.05, 3.63) is 0 Å². The van der Waals surface area contributed by atoms with Crippen LogP contribution in [0.25, 0.3) is 0 Å². The van der Waals surface area contributed by atoms with Crippen LogP contribution in [-0.4, -0.2) is 127 Å². The first-order valence-corrected chi connectivity index (χ1v) is 9.44. The summed E-state index contributed by atoms with van der Waals surface area (Å²) in [6.45, 7) is 0.419. The molecule has 0 aromatic heterocycles. The van der Waals surface area contributed by atoms with Crippen molar-refractivity contribution >= 4 is 0 Å². The fourth-order valence-corrected chi connectivity index (χ4v) is 4.25. The van der Waals surface area contributed by atoms with Crippen molar-refractivity contribution in [2.24, 2.45) is 0 Å². The second kappa shape index (κ2) is 6.86. The van der Waals surface area contributed by atoms with Crippen LogP contribution in [0, 0.1) is 0 Å². The van der Waals surface area contributed by atoms with Crippen molar-refractivity contribution < 1.29 is 29.5 Å². The van der Waals surface area contributed by atoms with Crippen molar-refractivity contribution in [2.45, 2.75) is 54.2 Å². The van der Waals surface area contributed by atoms with Crippen LogP contribution in [0.4, 0.5) is 0 Å². The van der Waals surface area contributed by atoms with Gasteiger partial charge >= 0.3 is 0 Å². The Morgan fingerprint density at radius 3 is 1.37 bits per heavy atom. The summed E-state index contributed by atoms with van der Waals surface area (Å²) in [5.41, 5.74) is -4.32. The van der Waals surface area contributed by atoms with Crippen LogP contribution < -0.4 is 0 Å². The molecule has 3 N–H and O–H groups in total. The maximum Gasteiger partial charge on any atom is 0.144 e. The van der Waals surface area contributed by atoms with Gasteiger partial charge in [-0.2, -0.15) is 0 Å². The zero-order valence-electron chi connectivity index (χ0n) is 17.3. The molecule has 3 aliphatic rings. The predicted molar refractivity (Wildman–Crippen MR) is 97.9 cm³/mol. The van der Waals surface area contributed by atoms with E-state index in [2.05, 4.69) is 0 Å². The first-order chi connectivity index (χ1) is 12.4. The van der Waals surface area contributed by atoms with E-state index in [4.69, 9.17) is 14.2 Å². The largest absolute Gasteiger partial charge is 0.373 e. The molecule has 0 spiro atoms. The standard InChI is InChI=1S/C18H35N3O6/c1-19(2)15(22)7-13(25-10-15)18(9-17(24,12-27-18)21(5)6)14-8-16(23,11-26-14)20(3)4/h13-14,22-24H,7-12H2,1-6H3. The van der Waals surface area contributed by atoms with Gasteiger partial charge in [0.25, 0.3) is 0 Å². The molecular weight excluding hydrogens is 354 g/mol. The average molecular weight is 389 g/mol. The molecule has 0 saturated carbocycles. The third kappa shape index (κ3) is 3.43. The third-order valence-electron chi connectivity index (χ3n) is 6.77. The van der Waals surface area contributed by atoms with E-state index in [1.54, 1.807) is 57.0 Å². The molecule has 5 unspecified atom stereocenters. The highest BCUT2D eigenvalue weighted by molar-refractivity contribution is 5.12. The van der Waals surface area contributed by atoms with E-state index in [1.807, 2.05) is 0 Å². The van der Waals surface area contributed by atoms with Gasteiger partial charge in [0.1, 0.15) is 22.8 Å². The van der Waals surface area contributed by atoms with Crippen LogP contribution in [0.3, 0.4) is 0 Å². The fraction of sp³-hybridized carbons (Fsp3) is 1.00. The normalized spacial score (nSPS) is 48.4. The summed E-state index contributed by atoms with van der Waals surface area (Å²) in [6.07, 6.45) is 0.0184. The molecule has 3 rings (SSSR count). The van der Waals surface area contributed by atoms with E-state index in [1.165, 1.54) is 0 Å². The maximum absolute atomic E-state index is 11.0. The van der Waals surface area contributed by atoms with Gasteiger partial charge in [-0.3, -0.25) is 14.7 Å². The Bertz CT molecular complexity index is 529. The first-order valence-electron chi connectivity index (χ1n) is 9.44. The molecule has 27 heavy (non-hydrogen) atoms. The smallest absolute Gasteiger partial charge is 0.144 e. The highest BCUT2D eigenvalue weighted by atomic mass is 16.6. The van der Waals surface area contributed by atoms with E-state index < -0.39 is 35.0 Å². The molecule has 3 fully saturated rings. The SMILES string of the molecule is CN(C)C1(O)COC(C2(C3CC(O)(N(C)C)CO3)CC(O)(N(C)C)CO2)C1. The Morgan fingerprint density at radius 1 is 0.667 bits per heavy atom. The van der Waals surface area contributed by atoms with Gasteiger partial charge in [0.2, 0.25) is 0 Å². The van der Waals surface area contributed by atoms with E-state index >= 15 is 0 Å². The Kier molecular flexibility index (Phi) is 5.42. The second-order valence-electron chi connectivity index (χ2n) is 9.06. The molecule has 9 heteroatoms. The molecule has 0 aromatic carbocycles. The molecule has 0 amide bonds. The summed E-state index contributed by atoms with van der Waals surface area (Å²) in [4.78, 5) is 5.20. The minimum absolute atomic E-state index is 0.112. The van der Waals surface area contributed by atoms with Crippen molar-refractivity contribution in [1.82, 2.24) is 14.7 Å². The molecule has 0 radical (unpaired) electrons. The van der Waals surface area contributed by atoms with Gasteiger partial charge in [-0.05, 0) is 42.3 Å². The number of likely N-dealkylation sites (N-methyl/N-ethyl adjacent to an activating group) is 3. The summed E-state index contributed by atoms with van der Waals surface area (Å²) >= 11 is 0. The van der Waals surface area contributed by atoms with Crippen LogP contribution in [0.5, 0.6) is 0 Å². The first kappa shape index (κ1) is 21.4. The Morgan fingerprint density at radius 2 is 1.07 bits per heavy atom. The minimum atomic E-state index is -1.16. The lowest BCUT2D eigenvalue weighted by Crippen LogP contribution is -2.56. The molecule has 3 heterocycles. The van der Waals surface area contributed by atoms with Gasteiger partial charge in [-0.1, -0.05) is 0 Å². The van der Waals surface area contributed by atoms with Gasteiger partial charge in [0.05, 0.1) is 32.0 Å². The number of ether oxygens (including phenoxy) is 3. The van der Waals surface area contributed by atoms with E-state index in [0.29, 0.717) is 12.8 Å². The summed E-state index contributed by atoms with van der Waals surface area (Å²) < 4.78 is 18.3. The monoisotopic (exact) mass is 389 g/mol. The van der Waals surface area contributed by atoms with Gasteiger partial charge in [-0.15, -0.1) is 0 Å². The second-order valence-corrected chi connectivity index (χ2v) is 9.06. The molecule has 3 aliphatic heterocycles. The number of rotatable bonds is 5. The van der Waals surface area contributed by atoms with Crippen LogP contribution in [0.2, 0.25) is 0 Å². The van der Waals surface area contributed by atoms with Crippen LogP contribution >= 0.6 is 0 Å². The number of aliphatic hydroxyl groups is 3. The van der Waals surface area contributed by atoms with E-state index in [-0.39, 0.29) is 26.2 Å². The topological polar surface area (TPSA) is 98.1 Å². The lowest BCUT2D eigenvalue weighted by atomic mass is 9.80. The van der Waals surface area contributed by atoms with Gasteiger partial charge in [0.15, 0.2) is 0 Å². The van der Waals surface area contributed by atoms with Crippen LogP contribution in [0.1, 0.15) is 19.3 Å². The van der Waals surface area contributed by atoms with Gasteiger partial charge < -0.3 is 29.5 Å². The lowest BCUT2D eigenvalue weighted by Gasteiger charge is -2.40. The highest BCUT2D eigenvalue weighted by Crippen LogP contribution is 2.49. The number of nitrogens with zero attached hydrogens (tertiary/aromatic N) is 3. The summed E-state index contributed by atoms with van der Waals surface area (Å²) in [7, 11) is 10.8. The maximum atomic E-state index is 11.0. The lowest BCUT2D eigenvalue weighted by molar-refractivity contribution is -0.162. The average Bonchev–Trinajstić information content (AvgIpc) is 3.26. The molecule has 3 saturated heterocycles. The Hall–Kier alpha value is -0.360. The highest BCUT2D eigenvalue weighted by Gasteiger charge is 2.64. The molecule has 0 bridgehead atoms. The molecule has 0 aromatic rings. The summed E-state index contributed by atoms with van der Waals surface area (Å²) in [5, 5.41) is 32.8. The van der Waals surface area contributed by atoms with Gasteiger partial charge in [-0.25, -0.2) is 0 Å². The van der Waals surface area contributed by atoms with E-state index in [9.17, 15) is 15.3 Å². The van der Waals surface area contributed by atoms with Crippen molar-refractivity contribution in [1.29, 1.82) is 0 Å². The number of hydrogen-bond donors (Lipinski definition) is 3. The van der Waals surface area contributed by atoms with Crippen molar-refractivity contribution in [3.63, 3.8) is 0 Å².